The minimum Gasteiger partial charge on any atom is -0.489 e. The molecule has 0 unspecified atom stereocenters. The summed E-state index contributed by atoms with van der Waals surface area (Å²) in [6.45, 7) is 7.20. The highest BCUT2D eigenvalue weighted by Crippen LogP contribution is 2.25. The van der Waals surface area contributed by atoms with E-state index in [0.717, 1.165) is 60.4 Å². The van der Waals surface area contributed by atoms with Gasteiger partial charge in [-0.2, -0.15) is 5.26 Å². The second-order valence-electron chi connectivity index (χ2n) is 15.5. The van der Waals surface area contributed by atoms with Crippen LogP contribution in [0.4, 0.5) is 11.4 Å². The lowest BCUT2D eigenvalue weighted by Crippen LogP contribution is -2.54. The SMILES string of the molecule is CC(C)[C@H](NC(=O)CCN1C(=O)C=CC1=O)C(=O)N[C@@H](C)C(=O)Nc1ccc(COc2ccc(C(=O)N3CCC(CCCCN=C(NC#N)Nc4cccnc4)CC3)cc2)cc1. The molecule has 5 N–H and O–H groups in total. The van der Waals surface area contributed by atoms with Crippen LogP contribution >= 0.6 is 0 Å². The van der Waals surface area contributed by atoms with Crippen molar-refractivity contribution in [3.8, 4) is 11.9 Å². The normalized spacial score (nSPS) is 15.1. The topological polar surface area (TPSA) is 227 Å². The second kappa shape index (κ2) is 23.1. The number of anilines is 2. The number of amides is 6. The molecule has 2 atom stereocenters. The molecule has 3 heterocycles. The van der Waals surface area contributed by atoms with Crippen molar-refractivity contribution in [2.45, 2.75) is 78.0 Å². The van der Waals surface area contributed by atoms with E-state index in [-0.39, 0.29) is 31.4 Å². The van der Waals surface area contributed by atoms with E-state index in [1.54, 1.807) is 68.7 Å². The first-order valence-corrected chi connectivity index (χ1v) is 20.8. The number of nitriles is 1. The maximum absolute atomic E-state index is 13.3. The van der Waals surface area contributed by atoms with Gasteiger partial charge in [0.05, 0.1) is 11.9 Å². The molecule has 62 heavy (non-hydrogen) atoms. The summed E-state index contributed by atoms with van der Waals surface area (Å²) in [5, 5.41) is 22.8. The van der Waals surface area contributed by atoms with Gasteiger partial charge in [0, 0.05) is 62.2 Å². The molecule has 1 aromatic heterocycles. The lowest BCUT2D eigenvalue weighted by Gasteiger charge is -2.32. The number of guanidine groups is 1. The molecule has 3 aromatic rings. The number of hydrogen-bond donors (Lipinski definition) is 5. The van der Waals surface area contributed by atoms with Gasteiger partial charge in [-0.3, -0.25) is 49.0 Å². The van der Waals surface area contributed by atoms with Gasteiger partial charge in [0.15, 0.2) is 6.19 Å². The van der Waals surface area contributed by atoms with Gasteiger partial charge in [-0.25, -0.2) is 0 Å². The molecule has 17 nitrogen and oxygen atoms in total. The van der Waals surface area contributed by atoms with Gasteiger partial charge in [-0.05, 0) is 92.1 Å². The van der Waals surface area contributed by atoms with Gasteiger partial charge in [0.1, 0.15) is 24.4 Å². The molecule has 326 valence electrons. The molecule has 0 saturated carbocycles. The molecule has 17 heteroatoms. The van der Waals surface area contributed by atoms with Crippen LogP contribution in [-0.4, -0.2) is 94.4 Å². The van der Waals surface area contributed by atoms with Crippen LogP contribution in [-0.2, 0) is 30.6 Å². The smallest absolute Gasteiger partial charge is 0.253 e. The van der Waals surface area contributed by atoms with Crippen molar-refractivity contribution in [1.82, 2.24) is 30.7 Å². The number of rotatable bonds is 19. The zero-order chi connectivity index (χ0) is 44.4. The predicted molar refractivity (Wildman–Crippen MR) is 232 cm³/mol. The Hall–Kier alpha value is -7.09. The van der Waals surface area contributed by atoms with Gasteiger partial charge >= 0.3 is 0 Å². The molecule has 0 bridgehead atoms. The summed E-state index contributed by atoms with van der Waals surface area (Å²) in [5.74, 6) is -1.23. The summed E-state index contributed by atoms with van der Waals surface area (Å²) in [5.41, 5.74) is 2.72. The quantitative estimate of drug-likeness (QED) is 0.0288. The molecule has 1 saturated heterocycles. The maximum atomic E-state index is 13.3. The van der Waals surface area contributed by atoms with Gasteiger partial charge in [0.25, 0.3) is 17.7 Å². The van der Waals surface area contributed by atoms with Crippen molar-refractivity contribution in [1.29, 1.82) is 5.26 Å². The maximum Gasteiger partial charge on any atom is 0.253 e. The monoisotopic (exact) mass is 846 g/mol. The van der Waals surface area contributed by atoms with E-state index in [4.69, 9.17) is 10.00 Å². The summed E-state index contributed by atoms with van der Waals surface area (Å²) >= 11 is 0. The van der Waals surface area contributed by atoms with Gasteiger partial charge in [-0.1, -0.05) is 38.8 Å². The van der Waals surface area contributed by atoms with Gasteiger partial charge in [0.2, 0.25) is 23.7 Å². The number of aromatic nitrogens is 1. The fourth-order valence-corrected chi connectivity index (χ4v) is 6.89. The van der Waals surface area contributed by atoms with E-state index in [2.05, 4.69) is 36.6 Å². The first-order valence-electron chi connectivity index (χ1n) is 20.8. The molecule has 6 amide bonds. The van der Waals surface area contributed by atoms with Crippen molar-refractivity contribution >= 4 is 52.8 Å². The van der Waals surface area contributed by atoms with E-state index in [1.165, 1.54) is 6.92 Å². The van der Waals surface area contributed by atoms with Gasteiger partial charge in [-0.15, -0.1) is 0 Å². The Bertz CT molecular complexity index is 2110. The zero-order valence-corrected chi connectivity index (χ0v) is 35.3. The number of ether oxygens (including phenoxy) is 1. The Morgan fingerprint density at radius 3 is 2.24 bits per heavy atom. The molecule has 0 spiro atoms. The molecule has 2 aromatic carbocycles. The van der Waals surface area contributed by atoms with Crippen LogP contribution in [0.2, 0.25) is 0 Å². The Labute approximate surface area is 361 Å². The molecule has 0 radical (unpaired) electrons. The average molecular weight is 847 g/mol. The summed E-state index contributed by atoms with van der Waals surface area (Å²) in [7, 11) is 0. The number of nitrogens with zero attached hydrogens (tertiary/aromatic N) is 5. The van der Waals surface area contributed by atoms with Crippen molar-refractivity contribution in [3.63, 3.8) is 0 Å². The molecule has 0 aliphatic carbocycles. The number of hydrogen-bond acceptors (Lipinski definition) is 10. The third kappa shape index (κ3) is 14.0. The molecule has 2 aliphatic rings. The van der Waals surface area contributed by atoms with E-state index >= 15 is 0 Å². The Balaban J connectivity index is 0.975. The number of pyridine rings is 1. The Kier molecular flexibility index (Phi) is 17.1. The number of aliphatic imine (C=N–C) groups is 1. The lowest BCUT2D eigenvalue weighted by atomic mass is 9.91. The van der Waals surface area contributed by atoms with Crippen molar-refractivity contribution in [2.24, 2.45) is 16.8 Å². The van der Waals surface area contributed by atoms with E-state index in [0.29, 0.717) is 48.5 Å². The minimum atomic E-state index is -0.938. The zero-order valence-electron chi connectivity index (χ0n) is 35.3. The van der Waals surface area contributed by atoms with E-state index in [1.807, 2.05) is 29.3 Å². The highest BCUT2D eigenvalue weighted by Gasteiger charge is 2.29. The Morgan fingerprint density at radius 1 is 0.887 bits per heavy atom. The summed E-state index contributed by atoms with van der Waals surface area (Å²) in [6, 6.07) is 16.0. The van der Waals surface area contributed by atoms with Crippen LogP contribution < -0.4 is 31.3 Å². The number of benzene rings is 2. The van der Waals surface area contributed by atoms with Crippen molar-refractivity contribution in [3.05, 3.63) is 96.3 Å². The van der Waals surface area contributed by atoms with Crippen LogP contribution in [0.1, 0.15) is 75.2 Å². The van der Waals surface area contributed by atoms with Crippen molar-refractivity contribution < 1.29 is 33.5 Å². The first-order chi connectivity index (χ1) is 29.9. The van der Waals surface area contributed by atoms with Crippen LogP contribution in [0.15, 0.2) is 90.2 Å². The fraction of sp³-hybridized carbons (Fsp3) is 0.400. The Morgan fingerprint density at radius 2 is 1.60 bits per heavy atom. The van der Waals surface area contributed by atoms with Crippen LogP contribution in [0.5, 0.6) is 5.75 Å². The molecule has 5 rings (SSSR count). The third-order valence-corrected chi connectivity index (χ3v) is 10.5. The number of carbonyl (C=O) groups is 6. The first kappa shape index (κ1) is 46.0. The number of unbranched alkanes of at least 4 members (excludes halogenated alkanes) is 1. The molecular formula is C45H54N10O7. The number of imide groups is 1. The molecule has 2 aliphatic heterocycles. The minimum absolute atomic E-state index is 0.00160. The predicted octanol–water partition coefficient (Wildman–Crippen LogP) is 4.12. The standard InChI is InChI=1S/C45H54N10O7/c1-30(2)41(53-38(56)21-26-55-39(57)17-18-40(55)58)43(60)50-31(3)42(59)51-35-13-9-33(10-14-35)28-62-37-15-11-34(12-16-37)44(61)54-24-19-32(20-25-54)7-4-5-23-48-45(49-29-46)52-36-8-6-22-47-27-36/h6,8-18,22,27,30-32,41H,4-5,7,19-21,23-26,28H2,1-3H3,(H,50,60)(H,51,59)(H,53,56)(H2,48,49,52)/t31-,41-/m0/s1. The van der Waals surface area contributed by atoms with Crippen LogP contribution in [0.3, 0.4) is 0 Å². The molecular weight excluding hydrogens is 793 g/mol. The second-order valence-corrected chi connectivity index (χ2v) is 15.5. The highest BCUT2D eigenvalue weighted by molar-refractivity contribution is 6.13. The van der Waals surface area contributed by atoms with Crippen LogP contribution in [0, 0.1) is 23.3 Å². The number of carbonyl (C=O) groups excluding carboxylic acids is 6. The fourth-order valence-electron chi connectivity index (χ4n) is 6.89. The number of nitrogens with one attached hydrogen (secondary N) is 5. The number of piperidine rings is 1. The van der Waals surface area contributed by atoms with Crippen LogP contribution in [0.25, 0.3) is 0 Å². The largest absolute Gasteiger partial charge is 0.489 e. The summed E-state index contributed by atoms with van der Waals surface area (Å²) in [6.07, 6.45) is 12.2. The van der Waals surface area contributed by atoms with E-state index < -0.39 is 41.6 Å². The summed E-state index contributed by atoms with van der Waals surface area (Å²) in [4.78, 5) is 86.7. The van der Waals surface area contributed by atoms with Crippen molar-refractivity contribution in [2.75, 3.05) is 36.8 Å². The third-order valence-electron chi connectivity index (χ3n) is 10.5. The van der Waals surface area contributed by atoms with Gasteiger partial charge < -0.3 is 30.9 Å². The number of likely N-dealkylation sites (tertiary alicyclic amines) is 1. The highest BCUT2D eigenvalue weighted by atomic mass is 16.5. The average Bonchev–Trinajstić information content (AvgIpc) is 3.60. The lowest BCUT2D eigenvalue weighted by molar-refractivity contribution is -0.137. The van der Waals surface area contributed by atoms with E-state index in [9.17, 15) is 28.8 Å². The summed E-state index contributed by atoms with van der Waals surface area (Å²) < 4.78 is 5.96. The molecule has 1 fully saturated rings.